The first-order valence-electron chi connectivity index (χ1n) is 6.32. The van der Waals surface area contributed by atoms with Crippen LogP contribution in [0.3, 0.4) is 0 Å². The molecule has 2 rings (SSSR count). The Hall–Kier alpha value is -0.570. The molecular formula is C12H22N2O. The maximum Gasteiger partial charge on any atom is 0.222 e. The van der Waals surface area contributed by atoms with Gasteiger partial charge in [-0.3, -0.25) is 4.79 Å². The van der Waals surface area contributed by atoms with Crippen LogP contribution in [0.1, 0.15) is 44.9 Å². The topological polar surface area (TPSA) is 46.3 Å². The van der Waals surface area contributed by atoms with Crippen molar-refractivity contribution in [3.05, 3.63) is 0 Å². The smallest absolute Gasteiger partial charge is 0.222 e. The van der Waals surface area contributed by atoms with Crippen LogP contribution in [0.5, 0.6) is 0 Å². The molecule has 15 heavy (non-hydrogen) atoms. The molecule has 1 unspecified atom stereocenters. The van der Waals surface area contributed by atoms with Crippen molar-refractivity contribution in [1.29, 1.82) is 0 Å². The summed E-state index contributed by atoms with van der Waals surface area (Å²) in [7, 11) is 0. The minimum Gasteiger partial charge on any atom is -0.338 e. The second-order valence-corrected chi connectivity index (χ2v) is 4.89. The second-order valence-electron chi connectivity index (χ2n) is 4.89. The quantitative estimate of drug-likeness (QED) is 0.767. The lowest BCUT2D eigenvalue weighted by Crippen LogP contribution is -2.46. The molecule has 1 heterocycles. The summed E-state index contributed by atoms with van der Waals surface area (Å²) >= 11 is 0. The normalized spacial score (nSPS) is 25.9. The lowest BCUT2D eigenvalue weighted by molar-refractivity contribution is -0.130. The van der Waals surface area contributed by atoms with Crippen LogP contribution in [0.2, 0.25) is 0 Å². The van der Waals surface area contributed by atoms with E-state index in [4.69, 9.17) is 5.73 Å². The Bertz CT molecular complexity index is 224. The molecule has 0 aromatic heterocycles. The van der Waals surface area contributed by atoms with Gasteiger partial charge in [0.05, 0.1) is 0 Å². The summed E-state index contributed by atoms with van der Waals surface area (Å²) in [5.41, 5.74) is 5.85. The van der Waals surface area contributed by atoms with Gasteiger partial charge in [-0.05, 0) is 25.2 Å². The predicted octanol–water partition coefficient (Wildman–Crippen LogP) is 1.52. The summed E-state index contributed by atoms with van der Waals surface area (Å²) in [5.74, 6) is 1.00. The molecule has 3 heteroatoms. The van der Waals surface area contributed by atoms with Crippen molar-refractivity contribution in [2.75, 3.05) is 13.1 Å². The summed E-state index contributed by atoms with van der Waals surface area (Å²) in [6.45, 7) is 1.59. The first-order chi connectivity index (χ1) is 7.33. The third-order valence-electron chi connectivity index (χ3n) is 3.95. The first-order valence-corrected chi connectivity index (χ1v) is 6.32. The summed E-state index contributed by atoms with van der Waals surface area (Å²) in [6.07, 6.45) is 8.32. The zero-order chi connectivity index (χ0) is 10.7. The van der Waals surface area contributed by atoms with Gasteiger partial charge in [-0.2, -0.15) is 0 Å². The SMILES string of the molecule is NCC(C1CCCCC1)N1CCCC1=O. The average Bonchev–Trinajstić information content (AvgIpc) is 2.68. The monoisotopic (exact) mass is 210 g/mol. The fourth-order valence-corrected chi connectivity index (χ4v) is 3.11. The maximum atomic E-state index is 11.7. The van der Waals surface area contributed by atoms with Crippen LogP contribution in [-0.4, -0.2) is 29.9 Å². The third-order valence-corrected chi connectivity index (χ3v) is 3.95. The summed E-state index contributed by atoms with van der Waals surface area (Å²) in [6, 6.07) is 0.334. The average molecular weight is 210 g/mol. The van der Waals surface area contributed by atoms with Crippen LogP contribution in [0.15, 0.2) is 0 Å². The molecule has 1 aliphatic carbocycles. The van der Waals surface area contributed by atoms with Crippen LogP contribution >= 0.6 is 0 Å². The van der Waals surface area contributed by atoms with Gasteiger partial charge in [-0.1, -0.05) is 19.3 Å². The van der Waals surface area contributed by atoms with Gasteiger partial charge in [0, 0.05) is 25.6 Å². The molecule has 0 spiro atoms. The number of amides is 1. The number of nitrogens with two attached hydrogens (primary N) is 1. The molecule has 0 radical (unpaired) electrons. The summed E-state index contributed by atoms with van der Waals surface area (Å²) in [4.78, 5) is 13.7. The third kappa shape index (κ3) is 2.33. The molecule has 1 atom stereocenters. The molecule has 2 aliphatic rings. The lowest BCUT2D eigenvalue weighted by Gasteiger charge is -2.35. The molecule has 2 N–H and O–H groups in total. The Labute approximate surface area is 92.0 Å². The number of nitrogens with zero attached hydrogens (tertiary/aromatic N) is 1. The number of rotatable bonds is 3. The van der Waals surface area contributed by atoms with Crippen LogP contribution in [0, 0.1) is 5.92 Å². The van der Waals surface area contributed by atoms with Crippen LogP contribution in [0.4, 0.5) is 0 Å². The summed E-state index contributed by atoms with van der Waals surface area (Å²) < 4.78 is 0. The molecule has 1 amide bonds. The van der Waals surface area contributed by atoms with Crippen molar-refractivity contribution in [2.24, 2.45) is 11.7 Å². The predicted molar refractivity (Wildman–Crippen MR) is 60.4 cm³/mol. The van der Waals surface area contributed by atoms with Gasteiger partial charge in [0.25, 0.3) is 0 Å². The molecule has 86 valence electrons. The fourth-order valence-electron chi connectivity index (χ4n) is 3.11. The van der Waals surface area contributed by atoms with Gasteiger partial charge in [0.2, 0.25) is 5.91 Å². The highest BCUT2D eigenvalue weighted by Gasteiger charge is 2.32. The van der Waals surface area contributed by atoms with Crippen LogP contribution in [-0.2, 0) is 4.79 Å². The molecule has 1 saturated heterocycles. The van der Waals surface area contributed by atoms with Gasteiger partial charge in [-0.25, -0.2) is 0 Å². The van der Waals surface area contributed by atoms with Gasteiger partial charge < -0.3 is 10.6 Å². The van der Waals surface area contributed by atoms with E-state index in [2.05, 4.69) is 4.90 Å². The van der Waals surface area contributed by atoms with Crippen molar-refractivity contribution < 1.29 is 4.79 Å². The van der Waals surface area contributed by atoms with E-state index >= 15 is 0 Å². The minimum atomic E-state index is 0.330. The van der Waals surface area contributed by atoms with Crippen molar-refractivity contribution in [3.8, 4) is 0 Å². The van der Waals surface area contributed by atoms with Crippen LogP contribution < -0.4 is 5.73 Å². The van der Waals surface area contributed by atoms with Crippen molar-refractivity contribution in [1.82, 2.24) is 4.90 Å². The molecule has 0 bridgehead atoms. The number of hydrogen-bond donors (Lipinski definition) is 1. The number of likely N-dealkylation sites (tertiary alicyclic amines) is 1. The Morgan fingerprint density at radius 2 is 2.00 bits per heavy atom. The highest BCUT2D eigenvalue weighted by molar-refractivity contribution is 5.78. The maximum absolute atomic E-state index is 11.7. The van der Waals surface area contributed by atoms with E-state index in [0.717, 1.165) is 19.4 Å². The fraction of sp³-hybridized carbons (Fsp3) is 0.917. The lowest BCUT2D eigenvalue weighted by atomic mass is 9.83. The van der Waals surface area contributed by atoms with Crippen molar-refractivity contribution in [2.45, 2.75) is 51.0 Å². The minimum absolute atomic E-state index is 0.330. The van der Waals surface area contributed by atoms with Gasteiger partial charge in [-0.15, -0.1) is 0 Å². The Balaban J connectivity index is 1.98. The van der Waals surface area contributed by atoms with E-state index in [9.17, 15) is 4.79 Å². The Kier molecular flexibility index (Phi) is 3.62. The Morgan fingerprint density at radius 3 is 2.53 bits per heavy atom. The van der Waals surface area contributed by atoms with Crippen molar-refractivity contribution in [3.63, 3.8) is 0 Å². The van der Waals surface area contributed by atoms with Gasteiger partial charge in [0.1, 0.15) is 0 Å². The van der Waals surface area contributed by atoms with E-state index in [1.807, 2.05) is 0 Å². The molecule has 1 aliphatic heterocycles. The zero-order valence-corrected chi connectivity index (χ0v) is 9.45. The number of hydrogen-bond acceptors (Lipinski definition) is 2. The van der Waals surface area contributed by atoms with E-state index < -0.39 is 0 Å². The number of carbonyl (C=O) groups is 1. The molecule has 0 aromatic rings. The number of carbonyl (C=O) groups excluding carboxylic acids is 1. The van der Waals surface area contributed by atoms with Gasteiger partial charge in [0.15, 0.2) is 0 Å². The molecule has 3 nitrogen and oxygen atoms in total. The molecule has 1 saturated carbocycles. The summed E-state index contributed by atoms with van der Waals surface area (Å²) in [5, 5.41) is 0. The van der Waals surface area contributed by atoms with Gasteiger partial charge >= 0.3 is 0 Å². The highest BCUT2D eigenvalue weighted by atomic mass is 16.2. The largest absolute Gasteiger partial charge is 0.338 e. The zero-order valence-electron chi connectivity index (χ0n) is 9.45. The molecule has 2 fully saturated rings. The van der Waals surface area contributed by atoms with E-state index in [0.29, 0.717) is 24.4 Å². The highest BCUT2D eigenvalue weighted by Crippen LogP contribution is 2.30. The van der Waals surface area contributed by atoms with Crippen molar-refractivity contribution >= 4 is 5.91 Å². The van der Waals surface area contributed by atoms with E-state index in [-0.39, 0.29) is 0 Å². The van der Waals surface area contributed by atoms with E-state index in [1.165, 1.54) is 32.1 Å². The first kappa shape index (κ1) is 10.9. The molecule has 0 aromatic carbocycles. The second kappa shape index (κ2) is 4.97. The standard InChI is InChI=1S/C12H22N2O/c13-9-11(10-5-2-1-3-6-10)14-8-4-7-12(14)15/h10-11H,1-9,13H2. The van der Waals surface area contributed by atoms with Crippen LogP contribution in [0.25, 0.3) is 0 Å². The molecular weight excluding hydrogens is 188 g/mol. The van der Waals surface area contributed by atoms with E-state index in [1.54, 1.807) is 0 Å². The Morgan fingerprint density at radius 1 is 1.27 bits per heavy atom.